The zero-order valence-corrected chi connectivity index (χ0v) is 12.3. The molecular weight excluding hydrogens is 276 g/mol. The lowest BCUT2D eigenvalue weighted by atomic mass is 10.1. The molecule has 0 spiro atoms. The summed E-state index contributed by atoms with van der Waals surface area (Å²) in [5.41, 5.74) is 0. The molecule has 2 amide bonds. The largest absolute Gasteiger partial charge is 0.396 e. The van der Waals surface area contributed by atoms with Crippen molar-refractivity contribution in [3.8, 4) is 0 Å². The van der Waals surface area contributed by atoms with E-state index in [2.05, 4.69) is 10.6 Å². The number of amides is 2. The second-order valence-corrected chi connectivity index (χ2v) is 6.10. The fraction of sp³-hybridized carbons (Fsp3) is 0.571. The number of anilines is 1. The third kappa shape index (κ3) is 4.05. The van der Waals surface area contributed by atoms with Gasteiger partial charge in [0.1, 0.15) is 0 Å². The molecule has 110 valence electrons. The summed E-state index contributed by atoms with van der Waals surface area (Å²) < 4.78 is 0. The maximum Gasteiger partial charge on any atom is 0.261 e. The number of hydrogen-bond donors (Lipinski definition) is 3. The Bertz CT molecular complexity index is 483. The molecular formula is C14H20N2O3S. The summed E-state index contributed by atoms with van der Waals surface area (Å²) in [7, 11) is 0. The first-order chi connectivity index (χ1) is 9.63. The van der Waals surface area contributed by atoms with Gasteiger partial charge >= 0.3 is 0 Å². The third-order valence-corrected chi connectivity index (χ3v) is 4.33. The second-order valence-electron chi connectivity index (χ2n) is 5.02. The molecule has 1 aliphatic rings. The van der Waals surface area contributed by atoms with Crippen LogP contribution in [0.1, 0.15) is 42.3 Å². The van der Waals surface area contributed by atoms with Crippen molar-refractivity contribution in [2.75, 3.05) is 11.9 Å². The topological polar surface area (TPSA) is 78.4 Å². The summed E-state index contributed by atoms with van der Waals surface area (Å²) in [5.74, 6) is 0.0520. The lowest BCUT2D eigenvalue weighted by Crippen LogP contribution is -2.34. The molecule has 20 heavy (non-hydrogen) atoms. The first kappa shape index (κ1) is 15.0. The van der Waals surface area contributed by atoms with E-state index in [4.69, 9.17) is 5.11 Å². The van der Waals surface area contributed by atoms with Crippen LogP contribution in [0.25, 0.3) is 0 Å². The Morgan fingerprint density at radius 2 is 2.20 bits per heavy atom. The van der Waals surface area contributed by atoms with Gasteiger partial charge in [0.05, 0.1) is 9.88 Å². The van der Waals surface area contributed by atoms with E-state index in [1.165, 1.54) is 11.3 Å². The molecule has 1 fully saturated rings. The van der Waals surface area contributed by atoms with E-state index in [9.17, 15) is 9.59 Å². The molecule has 6 heteroatoms. The number of carbonyl (C=O) groups is 2. The number of thiophene rings is 1. The van der Waals surface area contributed by atoms with Crippen molar-refractivity contribution in [1.29, 1.82) is 0 Å². The van der Waals surface area contributed by atoms with Crippen LogP contribution in [0.2, 0.25) is 0 Å². The quantitative estimate of drug-likeness (QED) is 0.720. The molecule has 2 rings (SSSR count). The van der Waals surface area contributed by atoms with Crippen LogP contribution in [0.3, 0.4) is 0 Å². The maximum atomic E-state index is 12.0. The van der Waals surface area contributed by atoms with Gasteiger partial charge < -0.3 is 15.7 Å². The van der Waals surface area contributed by atoms with Gasteiger partial charge in [-0.3, -0.25) is 9.59 Å². The van der Waals surface area contributed by atoms with Crippen LogP contribution in [0.15, 0.2) is 12.1 Å². The second kappa shape index (κ2) is 6.85. The molecule has 1 aliphatic carbocycles. The average molecular weight is 296 g/mol. The van der Waals surface area contributed by atoms with E-state index in [1.54, 1.807) is 12.1 Å². The third-order valence-electron chi connectivity index (χ3n) is 3.33. The van der Waals surface area contributed by atoms with Gasteiger partial charge in [-0.1, -0.05) is 6.92 Å². The van der Waals surface area contributed by atoms with E-state index in [0.29, 0.717) is 16.3 Å². The molecule has 3 N–H and O–H groups in total. The molecule has 1 atom stereocenters. The van der Waals surface area contributed by atoms with Crippen molar-refractivity contribution in [2.24, 2.45) is 5.92 Å². The monoisotopic (exact) mass is 296 g/mol. The zero-order chi connectivity index (χ0) is 14.5. The predicted molar refractivity (Wildman–Crippen MR) is 78.9 cm³/mol. The minimum absolute atomic E-state index is 0.0147. The van der Waals surface area contributed by atoms with Crippen LogP contribution in [-0.4, -0.2) is 29.6 Å². The Balaban J connectivity index is 1.89. The Morgan fingerprint density at radius 1 is 1.45 bits per heavy atom. The molecule has 1 unspecified atom stereocenters. The smallest absolute Gasteiger partial charge is 0.261 e. The van der Waals surface area contributed by atoms with Gasteiger partial charge in [0.15, 0.2) is 0 Å². The fourth-order valence-electron chi connectivity index (χ4n) is 1.89. The lowest BCUT2D eigenvalue weighted by Gasteiger charge is -2.14. The van der Waals surface area contributed by atoms with Crippen molar-refractivity contribution in [1.82, 2.24) is 5.32 Å². The molecule has 1 saturated carbocycles. The highest BCUT2D eigenvalue weighted by Gasteiger charge is 2.29. The first-order valence-corrected chi connectivity index (χ1v) is 7.78. The van der Waals surface area contributed by atoms with E-state index >= 15 is 0 Å². The minimum atomic E-state index is -0.151. The lowest BCUT2D eigenvalue weighted by molar-refractivity contribution is -0.117. The van der Waals surface area contributed by atoms with E-state index in [1.807, 2.05) is 6.92 Å². The number of carbonyl (C=O) groups excluding carboxylic acids is 2. The Hall–Kier alpha value is -1.40. The predicted octanol–water partition coefficient (Wildman–Crippen LogP) is 1.99. The van der Waals surface area contributed by atoms with Gasteiger partial charge in [-0.2, -0.15) is 0 Å². The van der Waals surface area contributed by atoms with Crippen LogP contribution in [0.4, 0.5) is 5.00 Å². The van der Waals surface area contributed by atoms with Crippen LogP contribution in [0.5, 0.6) is 0 Å². The number of hydrogen-bond acceptors (Lipinski definition) is 4. The Morgan fingerprint density at radius 3 is 2.80 bits per heavy atom. The zero-order valence-electron chi connectivity index (χ0n) is 11.5. The molecule has 0 aromatic carbocycles. The van der Waals surface area contributed by atoms with Gasteiger partial charge in [0.25, 0.3) is 5.91 Å². The standard InChI is InChI=1S/C14H20N2O3S/c1-2-10(7-8-17)15-14(19)11-5-6-12(20-11)16-13(18)9-3-4-9/h5-6,9-10,17H,2-4,7-8H2,1H3,(H,15,19)(H,16,18). The van der Waals surface area contributed by atoms with Crippen LogP contribution in [-0.2, 0) is 4.79 Å². The van der Waals surface area contributed by atoms with Gasteiger partial charge in [-0.15, -0.1) is 11.3 Å². The van der Waals surface area contributed by atoms with E-state index < -0.39 is 0 Å². The molecule has 0 aliphatic heterocycles. The number of aliphatic hydroxyl groups is 1. The Labute approximate surface area is 122 Å². The summed E-state index contributed by atoms with van der Waals surface area (Å²) in [6.07, 6.45) is 3.26. The minimum Gasteiger partial charge on any atom is -0.396 e. The number of rotatable bonds is 7. The highest BCUT2D eigenvalue weighted by molar-refractivity contribution is 7.18. The van der Waals surface area contributed by atoms with Gasteiger partial charge in [-0.05, 0) is 37.8 Å². The van der Waals surface area contributed by atoms with E-state index in [0.717, 1.165) is 19.3 Å². The van der Waals surface area contributed by atoms with Crippen molar-refractivity contribution >= 4 is 28.2 Å². The molecule has 0 saturated heterocycles. The molecule has 5 nitrogen and oxygen atoms in total. The summed E-state index contributed by atoms with van der Waals surface area (Å²) in [6, 6.07) is 3.46. The van der Waals surface area contributed by atoms with Crippen LogP contribution < -0.4 is 10.6 Å². The molecule has 0 radical (unpaired) electrons. The summed E-state index contributed by atoms with van der Waals surface area (Å²) >= 11 is 1.28. The maximum absolute atomic E-state index is 12.0. The summed E-state index contributed by atoms with van der Waals surface area (Å²) in [5, 5.41) is 15.3. The fourth-order valence-corrected chi connectivity index (χ4v) is 2.70. The summed E-state index contributed by atoms with van der Waals surface area (Å²) in [6.45, 7) is 2.03. The van der Waals surface area contributed by atoms with Crippen molar-refractivity contribution < 1.29 is 14.7 Å². The van der Waals surface area contributed by atoms with Gasteiger partial charge in [0.2, 0.25) is 5.91 Å². The number of nitrogens with one attached hydrogen (secondary N) is 2. The summed E-state index contributed by atoms with van der Waals surface area (Å²) in [4.78, 5) is 24.2. The molecule has 1 aromatic rings. The SMILES string of the molecule is CCC(CCO)NC(=O)c1ccc(NC(=O)C2CC2)s1. The molecule has 0 bridgehead atoms. The molecule has 1 aromatic heterocycles. The Kier molecular flexibility index (Phi) is 5.14. The highest BCUT2D eigenvalue weighted by atomic mass is 32.1. The van der Waals surface area contributed by atoms with Crippen molar-refractivity contribution in [3.05, 3.63) is 17.0 Å². The van der Waals surface area contributed by atoms with Crippen molar-refractivity contribution in [2.45, 2.75) is 38.6 Å². The number of aliphatic hydroxyl groups excluding tert-OH is 1. The van der Waals surface area contributed by atoms with Gasteiger partial charge in [-0.25, -0.2) is 0 Å². The van der Waals surface area contributed by atoms with Crippen molar-refractivity contribution in [3.63, 3.8) is 0 Å². The highest BCUT2D eigenvalue weighted by Crippen LogP contribution is 2.31. The normalized spacial score (nSPS) is 15.7. The first-order valence-electron chi connectivity index (χ1n) is 6.96. The van der Waals surface area contributed by atoms with Crippen LogP contribution in [0, 0.1) is 5.92 Å². The average Bonchev–Trinajstić information content (AvgIpc) is 3.19. The van der Waals surface area contributed by atoms with E-state index in [-0.39, 0.29) is 30.4 Å². The van der Waals surface area contributed by atoms with Crippen LogP contribution >= 0.6 is 11.3 Å². The van der Waals surface area contributed by atoms with Gasteiger partial charge in [0, 0.05) is 18.6 Å². The molecule has 1 heterocycles.